The van der Waals surface area contributed by atoms with Crippen molar-refractivity contribution in [3.05, 3.63) is 23.9 Å². The second-order valence-electron chi connectivity index (χ2n) is 7.13. The van der Waals surface area contributed by atoms with Crippen molar-refractivity contribution >= 4 is 48.5 Å². The highest BCUT2D eigenvalue weighted by Gasteiger charge is 2.28. The molecule has 1 saturated heterocycles. The van der Waals surface area contributed by atoms with E-state index in [0.29, 0.717) is 44.6 Å². The van der Waals surface area contributed by atoms with Gasteiger partial charge in [-0.1, -0.05) is 0 Å². The van der Waals surface area contributed by atoms with Gasteiger partial charge in [-0.3, -0.25) is 10.2 Å². The lowest BCUT2D eigenvalue weighted by Crippen LogP contribution is -2.54. The number of carbonyl (C=O) groups excluding carboxylic acids is 1. The quantitative estimate of drug-likeness (QED) is 0.410. The van der Waals surface area contributed by atoms with Crippen LogP contribution in [-0.2, 0) is 4.79 Å². The first-order valence-corrected chi connectivity index (χ1v) is 9.27. The smallest absolute Gasteiger partial charge is 0.317 e. The Labute approximate surface area is 182 Å². The summed E-state index contributed by atoms with van der Waals surface area (Å²) >= 11 is 0. The molecule has 29 heavy (non-hydrogen) atoms. The maximum Gasteiger partial charge on any atom is 0.317 e. The first-order valence-electron chi connectivity index (χ1n) is 9.27. The number of aliphatic carboxylic acids is 1. The summed E-state index contributed by atoms with van der Waals surface area (Å²) in [4.78, 5) is 31.7. The number of urea groups is 1. The molecular weight excluding hydrogens is 419 g/mol. The normalized spacial score (nSPS) is 21.4. The third-order valence-corrected chi connectivity index (χ3v) is 5.35. The van der Waals surface area contributed by atoms with Crippen LogP contribution in [0.15, 0.2) is 18.3 Å². The molecule has 1 saturated carbocycles. The van der Waals surface area contributed by atoms with E-state index in [1.807, 2.05) is 6.07 Å². The van der Waals surface area contributed by atoms with E-state index in [2.05, 4.69) is 15.2 Å². The van der Waals surface area contributed by atoms with Gasteiger partial charge in [-0.2, -0.15) is 0 Å². The number of nitrogens with two attached hydrogens (primary N) is 1. The van der Waals surface area contributed by atoms with Gasteiger partial charge in [0.05, 0.1) is 5.92 Å². The maximum absolute atomic E-state index is 12.5. The molecular formula is C18H28Cl2N6O3. The number of hydrogen-bond donors (Lipinski definition) is 4. The number of nitrogen functional groups attached to an aromatic ring is 1. The molecule has 9 nitrogen and oxygen atoms in total. The van der Waals surface area contributed by atoms with E-state index >= 15 is 0 Å². The number of anilines is 1. The number of carboxylic acid groups (broad SMARTS) is 1. The standard InChI is InChI=1S/C18H26N6O3.2ClH/c19-16(20)13-3-6-15(21-11-13)23-7-9-24(10-8-23)18(27)22-14-4-1-12(2-5-14)17(25)26;;/h3,6,11-12,14H,1-2,4-5,7-10H2,(H3,19,20)(H,22,27)(H,25,26);2*1H. The molecule has 1 aromatic heterocycles. The zero-order valence-electron chi connectivity index (χ0n) is 16.0. The van der Waals surface area contributed by atoms with E-state index < -0.39 is 5.97 Å². The highest BCUT2D eigenvalue weighted by Crippen LogP contribution is 2.24. The number of carboxylic acids is 1. The van der Waals surface area contributed by atoms with E-state index in [9.17, 15) is 9.59 Å². The van der Waals surface area contributed by atoms with Crippen LogP contribution >= 0.6 is 24.8 Å². The molecule has 2 amide bonds. The van der Waals surface area contributed by atoms with Crippen LogP contribution in [0.1, 0.15) is 31.2 Å². The molecule has 0 bridgehead atoms. The lowest BCUT2D eigenvalue weighted by Gasteiger charge is -2.36. The first kappa shape index (κ1) is 24.8. The lowest BCUT2D eigenvalue weighted by molar-refractivity contribution is -0.142. The van der Waals surface area contributed by atoms with Crippen molar-refractivity contribution in [3.63, 3.8) is 0 Å². The Kier molecular flexibility index (Phi) is 9.45. The summed E-state index contributed by atoms with van der Waals surface area (Å²) in [6.07, 6.45) is 4.26. The number of hydrogen-bond acceptors (Lipinski definition) is 5. The molecule has 0 radical (unpaired) electrons. The predicted molar refractivity (Wildman–Crippen MR) is 115 cm³/mol. The van der Waals surface area contributed by atoms with Gasteiger partial charge in [0, 0.05) is 44.0 Å². The zero-order valence-corrected chi connectivity index (χ0v) is 17.7. The lowest BCUT2D eigenvalue weighted by atomic mass is 9.86. The Hall–Kier alpha value is -2.26. The van der Waals surface area contributed by atoms with Crippen LogP contribution in [0, 0.1) is 11.3 Å². The molecule has 3 rings (SSSR count). The van der Waals surface area contributed by atoms with Gasteiger partial charge < -0.3 is 26.0 Å². The summed E-state index contributed by atoms with van der Waals surface area (Å²) in [5.41, 5.74) is 6.03. The summed E-state index contributed by atoms with van der Waals surface area (Å²) in [7, 11) is 0. The summed E-state index contributed by atoms with van der Waals surface area (Å²) in [6.45, 7) is 2.58. The molecule has 0 spiro atoms. The molecule has 1 aromatic rings. The van der Waals surface area contributed by atoms with Gasteiger partial charge >= 0.3 is 12.0 Å². The highest BCUT2D eigenvalue weighted by molar-refractivity contribution is 5.94. The predicted octanol–water partition coefficient (Wildman–Crippen LogP) is 1.68. The van der Waals surface area contributed by atoms with Crippen molar-refractivity contribution in [2.24, 2.45) is 11.7 Å². The molecule has 2 aliphatic rings. The van der Waals surface area contributed by atoms with Crippen LogP contribution in [0.4, 0.5) is 10.6 Å². The van der Waals surface area contributed by atoms with Crippen LogP contribution < -0.4 is 16.0 Å². The van der Waals surface area contributed by atoms with Crippen molar-refractivity contribution in [1.29, 1.82) is 5.41 Å². The average Bonchev–Trinajstić information content (AvgIpc) is 2.68. The minimum Gasteiger partial charge on any atom is -0.481 e. The summed E-state index contributed by atoms with van der Waals surface area (Å²) < 4.78 is 0. The monoisotopic (exact) mass is 446 g/mol. The largest absolute Gasteiger partial charge is 0.481 e. The van der Waals surface area contributed by atoms with E-state index in [1.54, 1.807) is 17.2 Å². The van der Waals surface area contributed by atoms with E-state index in [1.165, 1.54) is 0 Å². The van der Waals surface area contributed by atoms with Gasteiger partial charge in [0.2, 0.25) is 0 Å². The fraction of sp³-hybridized carbons (Fsp3) is 0.556. The van der Waals surface area contributed by atoms with Gasteiger partial charge in [-0.15, -0.1) is 24.8 Å². The maximum atomic E-state index is 12.5. The fourth-order valence-corrected chi connectivity index (χ4v) is 3.62. The molecule has 0 aromatic carbocycles. The molecule has 1 aliphatic heterocycles. The summed E-state index contributed by atoms with van der Waals surface area (Å²) in [6, 6.07) is 3.60. The van der Waals surface area contributed by atoms with Crippen LogP contribution in [-0.4, -0.2) is 65.0 Å². The molecule has 2 fully saturated rings. The number of carbonyl (C=O) groups is 2. The van der Waals surface area contributed by atoms with Gasteiger partial charge in [-0.25, -0.2) is 9.78 Å². The van der Waals surface area contributed by atoms with E-state index in [-0.39, 0.29) is 48.6 Å². The first-order chi connectivity index (χ1) is 12.9. The van der Waals surface area contributed by atoms with Crippen molar-refractivity contribution in [1.82, 2.24) is 15.2 Å². The van der Waals surface area contributed by atoms with Gasteiger partial charge in [0.1, 0.15) is 11.7 Å². The zero-order chi connectivity index (χ0) is 19.4. The van der Waals surface area contributed by atoms with Crippen LogP contribution in [0.2, 0.25) is 0 Å². The number of nitrogens with zero attached hydrogens (tertiary/aromatic N) is 3. The highest BCUT2D eigenvalue weighted by atomic mass is 35.5. The van der Waals surface area contributed by atoms with E-state index in [0.717, 1.165) is 18.7 Å². The molecule has 0 atom stereocenters. The SMILES string of the molecule is Cl.Cl.N=C(N)c1ccc(N2CCN(C(=O)NC3CCC(C(=O)O)CC3)CC2)nc1. The van der Waals surface area contributed by atoms with Crippen LogP contribution in [0.5, 0.6) is 0 Å². The molecule has 2 heterocycles. The van der Waals surface area contributed by atoms with Crippen molar-refractivity contribution in [2.75, 3.05) is 31.1 Å². The Morgan fingerprint density at radius 3 is 2.21 bits per heavy atom. The van der Waals surface area contributed by atoms with Gasteiger partial charge in [0.25, 0.3) is 0 Å². The summed E-state index contributed by atoms with van der Waals surface area (Å²) in [5.74, 6) is -0.204. The van der Waals surface area contributed by atoms with Crippen LogP contribution in [0.3, 0.4) is 0 Å². The topological polar surface area (TPSA) is 136 Å². The van der Waals surface area contributed by atoms with E-state index in [4.69, 9.17) is 16.2 Å². The minimum absolute atomic E-state index is 0. The van der Waals surface area contributed by atoms with Crippen molar-refractivity contribution in [2.45, 2.75) is 31.7 Å². The number of halogens is 2. The Bertz CT molecular complexity index is 702. The number of nitrogens with one attached hydrogen (secondary N) is 2. The number of amides is 2. The Morgan fingerprint density at radius 2 is 1.72 bits per heavy atom. The molecule has 1 aliphatic carbocycles. The molecule has 11 heteroatoms. The number of piperazine rings is 1. The second-order valence-corrected chi connectivity index (χ2v) is 7.13. The van der Waals surface area contributed by atoms with Crippen molar-refractivity contribution in [3.8, 4) is 0 Å². The van der Waals surface area contributed by atoms with Crippen molar-refractivity contribution < 1.29 is 14.7 Å². The summed E-state index contributed by atoms with van der Waals surface area (Å²) in [5, 5.41) is 19.5. The Morgan fingerprint density at radius 1 is 1.10 bits per heavy atom. The second kappa shape index (κ2) is 11.1. The Balaban J connectivity index is 0.00000210. The van der Waals surface area contributed by atoms with Crippen LogP contribution in [0.25, 0.3) is 0 Å². The minimum atomic E-state index is -0.735. The molecule has 5 N–H and O–H groups in total. The third-order valence-electron chi connectivity index (χ3n) is 5.35. The van der Waals surface area contributed by atoms with Gasteiger partial charge in [-0.05, 0) is 37.8 Å². The number of rotatable bonds is 4. The van der Waals surface area contributed by atoms with Gasteiger partial charge in [0.15, 0.2) is 0 Å². The average molecular weight is 447 g/mol. The number of aromatic nitrogens is 1. The third kappa shape index (κ3) is 6.37. The number of amidine groups is 1. The molecule has 0 unspecified atom stereocenters. The molecule has 162 valence electrons. The fourth-order valence-electron chi connectivity index (χ4n) is 3.62. The number of pyridine rings is 1.